The van der Waals surface area contributed by atoms with E-state index in [1.54, 1.807) is 0 Å². The Bertz CT molecular complexity index is 414. The van der Waals surface area contributed by atoms with Gasteiger partial charge in [-0.25, -0.2) is 0 Å². The third-order valence-corrected chi connectivity index (χ3v) is 3.61. The molecule has 0 radical (unpaired) electrons. The summed E-state index contributed by atoms with van der Waals surface area (Å²) >= 11 is 3.48. The number of hydrogen-bond acceptors (Lipinski definition) is 3. The summed E-state index contributed by atoms with van der Waals surface area (Å²) in [7, 11) is 0. The average molecular weight is 298 g/mol. The number of morpholine rings is 1. The summed E-state index contributed by atoms with van der Waals surface area (Å²) in [6, 6.07) is 5.94. The zero-order chi connectivity index (χ0) is 12.3. The molecule has 17 heavy (non-hydrogen) atoms. The summed E-state index contributed by atoms with van der Waals surface area (Å²) in [6.07, 6.45) is 0.537. The van der Waals surface area contributed by atoms with Crippen LogP contribution in [0.2, 0.25) is 0 Å². The van der Waals surface area contributed by atoms with Gasteiger partial charge in [-0.2, -0.15) is 0 Å². The van der Waals surface area contributed by atoms with E-state index in [1.165, 1.54) is 0 Å². The molecule has 0 unspecified atom stereocenters. The van der Waals surface area contributed by atoms with Crippen molar-refractivity contribution in [3.05, 3.63) is 28.2 Å². The summed E-state index contributed by atoms with van der Waals surface area (Å²) in [5.41, 5.74) is 1.91. The lowest BCUT2D eigenvalue weighted by Crippen LogP contribution is -2.36. The number of rotatable bonds is 3. The standard InChI is InChI=1S/C13H16BrNO2/c1-2-13(16)11-4-3-10(9-12(11)14)15-5-7-17-8-6-15/h3-4,9H,2,5-8H2,1H3. The minimum Gasteiger partial charge on any atom is -0.378 e. The van der Waals surface area contributed by atoms with Crippen LogP contribution in [0.3, 0.4) is 0 Å². The molecular formula is C13H16BrNO2. The molecule has 1 aromatic carbocycles. The maximum Gasteiger partial charge on any atom is 0.163 e. The average Bonchev–Trinajstić information content (AvgIpc) is 2.39. The second-order valence-corrected chi connectivity index (χ2v) is 4.89. The summed E-state index contributed by atoms with van der Waals surface area (Å²) in [5, 5.41) is 0. The molecule has 2 rings (SSSR count). The van der Waals surface area contributed by atoms with Crippen LogP contribution in [0.5, 0.6) is 0 Å². The maximum absolute atomic E-state index is 11.7. The Labute approximate surface area is 110 Å². The Hall–Kier alpha value is -0.870. The van der Waals surface area contributed by atoms with Gasteiger partial charge in [-0.3, -0.25) is 4.79 Å². The minimum absolute atomic E-state index is 0.172. The number of halogens is 1. The first-order valence-electron chi connectivity index (χ1n) is 5.88. The van der Waals surface area contributed by atoms with E-state index >= 15 is 0 Å². The topological polar surface area (TPSA) is 29.5 Å². The molecule has 0 spiro atoms. The van der Waals surface area contributed by atoms with E-state index in [0.717, 1.165) is 42.0 Å². The van der Waals surface area contributed by atoms with Crippen molar-refractivity contribution in [1.29, 1.82) is 0 Å². The largest absolute Gasteiger partial charge is 0.378 e. The molecule has 0 saturated carbocycles. The molecule has 0 aliphatic carbocycles. The number of hydrogen-bond donors (Lipinski definition) is 0. The van der Waals surface area contributed by atoms with Gasteiger partial charge in [0.1, 0.15) is 0 Å². The van der Waals surface area contributed by atoms with E-state index < -0.39 is 0 Å². The van der Waals surface area contributed by atoms with Crippen LogP contribution in [0.1, 0.15) is 23.7 Å². The van der Waals surface area contributed by atoms with Gasteiger partial charge in [-0.1, -0.05) is 6.92 Å². The van der Waals surface area contributed by atoms with E-state index in [-0.39, 0.29) is 5.78 Å². The van der Waals surface area contributed by atoms with Gasteiger partial charge >= 0.3 is 0 Å². The van der Waals surface area contributed by atoms with Gasteiger partial charge in [0.15, 0.2) is 5.78 Å². The number of carbonyl (C=O) groups excluding carboxylic acids is 1. The third kappa shape index (κ3) is 2.87. The van der Waals surface area contributed by atoms with Crippen LogP contribution in [-0.4, -0.2) is 32.1 Å². The quantitative estimate of drug-likeness (QED) is 0.804. The van der Waals surface area contributed by atoms with Gasteiger partial charge in [0.2, 0.25) is 0 Å². The Morgan fingerprint density at radius 3 is 2.71 bits per heavy atom. The SMILES string of the molecule is CCC(=O)c1ccc(N2CCOCC2)cc1Br. The highest BCUT2D eigenvalue weighted by Gasteiger charge is 2.14. The van der Waals surface area contributed by atoms with Crippen molar-refractivity contribution in [2.24, 2.45) is 0 Å². The van der Waals surface area contributed by atoms with Crippen molar-refractivity contribution in [2.75, 3.05) is 31.2 Å². The zero-order valence-corrected chi connectivity index (χ0v) is 11.5. The fourth-order valence-corrected chi connectivity index (χ4v) is 2.53. The molecular weight excluding hydrogens is 282 g/mol. The molecule has 3 nitrogen and oxygen atoms in total. The Morgan fingerprint density at radius 1 is 1.41 bits per heavy atom. The highest BCUT2D eigenvalue weighted by molar-refractivity contribution is 9.10. The second kappa shape index (κ2) is 5.65. The number of anilines is 1. The number of nitrogens with zero attached hydrogens (tertiary/aromatic N) is 1. The smallest absolute Gasteiger partial charge is 0.163 e. The monoisotopic (exact) mass is 297 g/mol. The predicted molar refractivity (Wildman–Crippen MR) is 71.8 cm³/mol. The molecule has 1 saturated heterocycles. The number of Topliss-reactive ketones (excluding diaryl/α,β-unsaturated/α-hetero) is 1. The molecule has 1 fully saturated rings. The Morgan fingerprint density at radius 2 is 2.12 bits per heavy atom. The molecule has 1 aromatic rings. The van der Waals surface area contributed by atoms with Gasteiger partial charge < -0.3 is 9.64 Å². The summed E-state index contributed by atoms with van der Waals surface area (Å²) in [5.74, 6) is 0.172. The highest BCUT2D eigenvalue weighted by Crippen LogP contribution is 2.25. The van der Waals surface area contributed by atoms with E-state index in [2.05, 4.69) is 20.8 Å². The van der Waals surface area contributed by atoms with E-state index in [1.807, 2.05) is 25.1 Å². The summed E-state index contributed by atoms with van der Waals surface area (Å²) in [6.45, 7) is 5.24. The molecule has 0 atom stereocenters. The number of benzene rings is 1. The highest BCUT2D eigenvalue weighted by atomic mass is 79.9. The molecule has 0 amide bonds. The molecule has 0 N–H and O–H groups in total. The molecule has 1 heterocycles. The van der Waals surface area contributed by atoms with Crippen molar-refractivity contribution < 1.29 is 9.53 Å². The lowest BCUT2D eigenvalue weighted by Gasteiger charge is -2.29. The number of ether oxygens (including phenoxy) is 1. The molecule has 1 aliphatic heterocycles. The van der Waals surface area contributed by atoms with Crippen LogP contribution in [0.25, 0.3) is 0 Å². The normalized spacial score (nSPS) is 16.0. The van der Waals surface area contributed by atoms with Crippen LogP contribution in [0.4, 0.5) is 5.69 Å². The molecule has 92 valence electrons. The Kier molecular flexibility index (Phi) is 4.18. The first-order chi connectivity index (χ1) is 8.22. The van der Waals surface area contributed by atoms with Crippen molar-refractivity contribution in [1.82, 2.24) is 0 Å². The molecule has 4 heteroatoms. The van der Waals surface area contributed by atoms with Crippen molar-refractivity contribution in [3.63, 3.8) is 0 Å². The van der Waals surface area contributed by atoms with Gasteiger partial charge in [-0.05, 0) is 34.1 Å². The number of carbonyl (C=O) groups is 1. The second-order valence-electron chi connectivity index (χ2n) is 4.04. The van der Waals surface area contributed by atoms with Gasteiger partial charge in [0.05, 0.1) is 13.2 Å². The fourth-order valence-electron chi connectivity index (χ4n) is 1.94. The molecule has 0 aromatic heterocycles. The van der Waals surface area contributed by atoms with Gasteiger partial charge in [0.25, 0.3) is 0 Å². The molecule has 1 aliphatic rings. The third-order valence-electron chi connectivity index (χ3n) is 2.95. The van der Waals surface area contributed by atoms with E-state index in [0.29, 0.717) is 6.42 Å². The first-order valence-corrected chi connectivity index (χ1v) is 6.67. The fraction of sp³-hybridized carbons (Fsp3) is 0.462. The lowest BCUT2D eigenvalue weighted by molar-refractivity contribution is 0.0987. The van der Waals surface area contributed by atoms with Crippen LogP contribution >= 0.6 is 15.9 Å². The first kappa shape index (κ1) is 12.6. The number of ketones is 1. The Balaban J connectivity index is 2.20. The van der Waals surface area contributed by atoms with E-state index in [4.69, 9.17) is 4.74 Å². The summed E-state index contributed by atoms with van der Waals surface area (Å²) in [4.78, 5) is 13.9. The van der Waals surface area contributed by atoms with Crippen LogP contribution in [0.15, 0.2) is 22.7 Å². The summed E-state index contributed by atoms with van der Waals surface area (Å²) < 4.78 is 6.21. The van der Waals surface area contributed by atoms with Crippen molar-refractivity contribution >= 4 is 27.4 Å². The van der Waals surface area contributed by atoms with Crippen LogP contribution in [0, 0.1) is 0 Å². The van der Waals surface area contributed by atoms with Crippen molar-refractivity contribution in [3.8, 4) is 0 Å². The molecule has 0 bridgehead atoms. The van der Waals surface area contributed by atoms with Crippen LogP contribution in [-0.2, 0) is 4.74 Å². The van der Waals surface area contributed by atoms with Gasteiger partial charge in [-0.15, -0.1) is 0 Å². The minimum atomic E-state index is 0.172. The lowest BCUT2D eigenvalue weighted by atomic mass is 10.1. The van der Waals surface area contributed by atoms with E-state index in [9.17, 15) is 4.79 Å². The predicted octanol–water partition coefficient (Wildman–Crippen LogP) is 2.88. The zero-order valence-electron chi connectivity index (χ0n) is 9.91. The maximum atomic E-state index is 11.7. The van der Waals surface area contributed by atoms with Crippen molar-refractivity contribution in [2.45, 2.75) is 13.3 Å². The van der Waals surface area contributed by atoms with Gasteiger partial charge in [0, 0.05) is 35.2 Å². The van der Waals surface area contributed by atoms with Crippen LogP contribution < -0.4 is 4.90 Å².